The van der Waals surface area contributed by atoms with Gasteiger partial charge in [0.15, 0.2) is 0 Å². The fourth-order valence-electron chi connectivity index (χ4n) is 3.04. The van der Waals surface area contributed by atoms with Crippen LogP contribution >= 0.6 is 11.6 Å². The van der Waals surface area contributed by atoms with E-state index in [2.05, 4.69) is 15.6 Å². The summed E-state index contributed by atoms with van der Waals surface area (Å²) in [5.74, 6) is -0.994. The first-order chi connectivity index (χ1) is 14.5. The van der Waals surface area contributed by atoms with Gasteiger partial charge in [-0.15, -0.1) is 0 Å². The van der Waals surface area contributed by atoms with Crippen molar-refractivity contribution < 1.29 is 15.0 Å². The number of halogens is 1. The molecule has 0 radical (unpaired) electrons. The number of nitrogens with one attached hydrogen (secondary N) is 2. The molecule has 0 unspecified atom stereocenters. The maximum Gasteiger partial charge on any atom is 0.337 e. The highest BCUT2D eigenvalue weighted by atomic mass is 35.5. The van der Waals surface area contributed by atoms with Gasteiger partial charge in [-0.05, 0) is 54.4 Å². The lowest BCUT2D eigenvalue weighted by molar-refractivity contribution is 0.0696. The summed E-state index contributed by atoms with van der Waals surface area (Å²) in [5.41, 5.74) is 3.57. The van der Waals surface area contributed by atoms with E-state index in [1.807, 2.05) is 36.4 Å². The molecule has 7 heteroatoms. The van der Waals surface area contributed by atoms with Crippen LogP contribution in [0.25, 0.3) is 11.1 Å². The molecule has 0 saturated heterocycles. The molecule has 4 N–H and O–H groups in total. The zero-order valence-electron chi connectivity index (χ0n) is 16.4. The van der Waals surface area contributed by atoms with E-state index in [4.69, 9.17) is 16.7 Å². The smallest absolute Gasteiger partial charge is 0.337 e. The van der Waals surface area contributed by atoms with E-state index in [0.29, 0.717) is 11.6 Å². The fourth-order valence-corrected chi connectivity index (χ4v) is 3.24. The highest BCUT2D eigenvalue weighted by Crippen LogP contribution is 2.23. The molecule has 0 spiro atoms. The zero-order valence-corrected chi connectivity index (χ0v) is 17.1. The number of nitrogens with zero attached hydrogens (tertiary/aromatic N) is 1. The van der Waals surface area contributed by atoms with Crippen LogP contribution in [0.15, 0.2) is 67.0 Å². The quantitative estimate of drug-likeness (QED) is 0.363. The van der Waals surface area contributed by atoms with Crippen LogP contribution < -0.4 is 10.6 Å². The minimum atomic E-state index is -0.994. The third kappa shape index (κ3) is 6.29. The van der Waals surface area contributed by atoms with Gasteiger partial charge >= 0.3 is 5.97 Å². The van der Waals surface area contributed by atoms with Gasteiger partial charge in [-0.25, -0.2) is 4.79 Å². The third-order valence-corrected chi connectivity index (χ3v) is 4.85. The second kappa shape index (κ2) is 10.7. The zero-order chi connectivity index (χ0) is 21.3. The van der Waals surface area contributed by atoms with Gasteiger partial charge in [-0.1, -0.05) is 35.9 Å². The molecular formula is C23H24ClN3O3. The summed E-state index contributed by atoms with van der Waals surface area (Å²) in [4.78, 5) is 15.1. The van der Waals surface area contributed by atoms with Crippen molar-refractivity contribution in [2.24, 2.45) is 0 Å². The molecule has 0 amide bonds. The van der Waals surface area contributed by atoms with E-state index in [0.717, 1.165) is 41.9 Å². The lowest BCUT2D eigenvalue weighted by Gasteiger charge is -2.13. The Bertz CT molecular complexity index is 997. The monoisotopic (exact) mass is 425 g/mol. The lowest BCUT2D eigenvalue weighted by atomic mass is 10.1. The van der Waals surface area contributed by atoms with Crippen LogP contribution in [0.5, 0.6) is 0 Å². The standard InChI is InChI=1S/C23H24ClN3O3/c24-20-6-1-5-17(11-20)22(28)15-25-8-3-9-27-21-7-2-4-16(12-21)18-10-19(23(29)30)14-26-13-18/h1-2,4-7,10-14,22,25,27-28H,3,8-9,15H2,(H,29,30)/t22-/m1/s1. The SMILES string of the molecule is O=C(O)c1cncc(-c2cccc(NCCCNC[C@@H](O)c3cccc(Cl)c3)c2)c1. The van der Waals surface area contributed by atoms with Gasteiger partial charge in [0.1, 0.15) is 0 Å². The molecule has 1 atom stereocenters. The first-order valence-corrected chi connectivity index (χ1v) is 10.1. The molecule has 0 aliphatic carbocycles. The van der Waals surface area contributed by atoms with Gasteiger partial charge in [-0.3, -0.25) is 4.98 Å². The van der Waals surface area contributed by atoms with Crippen LogP contribution in [0.4, 0.5) is 5.69 Å². The van der Waals surface area contributed by atoms with E-state index in [-0.39, 0.29) is 5.56 Å². The Hall–Kier alpha value is -2.93. The van der Waals surface area contributed by atoms with Crippen molar-refractivity contribution in [3.63, 3.8) is 0 Å². The number of aliphatic hydroxyl groups is 1. The van der Waals surface area contributed by atoms with E-state index in [1.54, 1.807) is 24.4 Å². The van der Waals surface area contributed by atoms with Crippen molar-refractivity contribution in [2.75, 3.05) is 25.0 Å². The van der Waals surface area contributed by atoms with Crippen LogP contribution in [0, 0.1) is 0 Å². The first-order valence-electron chi connectivity index (χ1n) is 9.70. The number of carboxylic acids is 1. The van der Waals surface area contributed by atoms with Crippen LogP contribution in [0.2, 0.25) is 5.02 Å². The van der Waals surface area contributed by atoms with Crippen LogP contribution in [0.3, 0.4) is 0 Å². The van der Waals surface area contributed by atoms with Gasteiger partial charge in [-0.2, -0.15) is 0 Å². The maximum absolute atomic E-state index is 11.1. The number of hydrogen-bond donors (Lipinski definition) is 4. The number of aliphatic hydroxyl groups excluding tert-OH is 1. The first kappa shape index (κ1) is 21.8. The molecule has 0 saturated carbocycles. The van der Waals surface area contributed by atoms with Crippen molar-refractivity contribution in [3.05, 3.63) is 83.1 Å². The Morgan fingerprint density at radius 3 is 2.67 bits per heavy atom. The predicted octanol–water partition coefficient (Wildman–Crippen LogP) is 4.23. The second-order valence-corrected chi connectivity index (χ2v) is 7.34. The largest absolute Gasteiger partial charge is 0.478 e. The second-order valence-electron chi connectivity index (χ2n) is 6.90. The molecule has 2 aromatic carbocycles. The van der Waals surface area contributed by atoms with Crippen molar-refractivity contribution in [3.8, 4) is 11.1 Å². The van der Waals surface area contributed by atoms with Gasteiger partial charge in [0.25, 0.3) is 0 Å². The summed E-state index contributed by atoms with van der Waals surface area (Å²) in [6, 6.07) is 16.6. The molecule has 1 heterocycles. The molecule has 156 valence electrons. The molecule has 3 rings (SSSR count). The van der Waals surface area contributed by atoms with Crippen molar-refractivity contribution in [2.45, 2.75) is 12.5 Å². The summed E-state index contributed by atoms with van der Waals surface area (Å²) >= 11 is 5.95. The number of aromatic carboxylic acids is 1. The van der Waals surface area contributed by atoms with E-state index >= 15 is 0 Å². The molecule has 0 fully saturated rings. The van der Waals surface area contributed by atoms with Crippen LogP contribution in [0.1, 0.15) is 28.4 Å². The number of carboxylic acid groups (broad SMARTS) is 1. The van der Waals surface area contributed by atoms with Crippen molar-refractivity contribution in [1.82, 2.24) is 10.3 Å². The molecule has 30 heavy (non-hydrogen) atoms. The van der Waals surface area contributed by atoms with Crippen molar-refractivity contribution in [1.29, 1.82) is 0 Å². The number of rotatable bonds is 10. The van der Waals surface area contributed by atoms with Gasteiger partial charge in [0.2, 0.25) is 0 Å². The van der Waals surface area contributed by atoms with E-state index in [9.17, 15) is 9.90 Å². The Labute approximate surface area is 180 Å². The minimum absolute atomic E-state index is 0.164. The average molecular weight is 426 g/mol. The Morgan fingerprint density at radius 2 is 1.87 bits per heavy atom. The average Bonchev–Trinajstić information content (AvgIpc) is 2.76. The molecular weight excluding hydrogens is 402 g/mol. The molecule has 1 aromatic heterocycles. The van der Waals surface area contributed by atoms with Crippen LogP contribution in [-0.2, 0) is 0 Å². The van der Waals surface area contributed by atoms with Gasteiger partial charge < -0.3 is 20.8 Å². The highest BCUT2D eigenvalue weighted by molar-refractivity contribution is 6.30. The maximum atomic E-state index is 11.1. The topological polar surface area (TPSA) is 94.5 Å². The summed E-state index contributed by atoms with van der Waals surface area (Å²) in [6.45, 7) is 1.98. The Morgan fingerprint density at radius 1 is 1.03 bits per heavy atom. The number of anilines is 1. The molecule has 3 aromatic rings. The van der Waals surface area contributed by atoms with Gasteiger partial charge in [0.05, 0.1) is 11.7 Å². The molecule has 6 nitrogen and oxygen atoms in total. The molecule has 0 aliphatic heterocycles. The summed E-state index contributed by atoms with van der Waals surface area (Å²) < 4.78 is 0. The number of pyridine rings is 1. The Kier molecular flexibility index (Phi) is 7.79. The third-order valence-electron chi connectivity index (χ3n) is 4.61. The summed E-state index contributed by atoms with van der Waals surface area (Å²) in [7, 11) is 0. The number of aromatic nitrogens is 1. The fraction of sp³-hybridized carbons (Fsp3) is 0.217. The number of benzene rings is 2. The normalized spacial score (nSPS) is 11.8. The molecule has 0 aliphatic rings. The van der Waals surface area contributed by atoms with Gasteiger partial charge in [0, 0.05) is 41.8 Å². The highest BCUT2D eigenvalue weighted by Gasteiger charge is 2.08. The number of carbonyl (C=O) groups is 1. The minimum Gasteiger partial charge on any atom is -0.478 e. The number of hydrogen-bond acceptors (Lipinski definition) is 5. The summed E-state index contributed by atoms with van der Waals surface area (Å²) in [6.07, 6.45) is 3.27. The Balaban J connectivity index is 1.44. The van der Waals surface area contributed by atoms with Crippen molar-refractivity contribution >= 4 is 23.3 Å². The molecule has 0 bridgehead atoms. The lowest BCUT2D eigenvalue weighted by Crippen LogP contribution is -2.24. The predicted molar refractivity (Wildman–Crippen MR) is 119 cm³/mol. The van der Waals surface area contributed by atoms with Crippen LogP contribution in [-0.4, -0.2) is 40.8 Å². The summed E-state index contributed by atoms with van der Waals surface area (Å²) in [5, 5.41) is 26.5. The van der Waals surface area contributed by atoms with E-state index < -0.39 is 12.1 Å². The van der Waals surface area contributed by atoms with E-state index in [1.165, 1.54) is 6.20 Å².